The molecular formula is C31H36ClFN2O6. The topological polar surface area (TPSA) is 144 Å². The van der Waals surface area contributed by atoms with Gasteiger partial charge in [0.15, 0.2) is 17.3 Å². The highest BCUT2D eigenvalue weighted by molar-refractivity contribution is 6.30. The van der Waals surface area contributed by atoms with E-state index < -0.39 is 17.1 Å². The molecule has 6 N–H and O–H groups in total. The number of halogens is 2. The number of aromatic hydroxyl groups is 2. The van der Waals surface area contributed by atoms with Crippen LogP contribution in [0, 0.1) is 5.82 Å². The van der Waals surface area contributed by atoms with Crippen LogP contribution in [0.25, 0.3) is 0 Å². The minimum atomic E-state index is -1.39. The first-order valence-corrected chi connectivity index (χ1v) is 13.7. The molecule has 0 aromatic heterocycles. The molecule has 0 radical (unpaired) electrons. The van der Waals surface area contributed by atoms with Gasteiger partial charge >= 0.3 is 5.97 Å². The second-order valence-corrected chi connectivity index (χ2v) is 11.1. The average molecular weight is 587 g/mol. The molecule has 41 heavy (non-hydrogen) atoms. The number of carboxylic acid groups (broad SMARTS) is 1. The molecule has 1 saturated heterocycles. The molecule has 0 spiro atoms. The smallest absolute Gasteiger partial charge is 0.323 e. The summed E-state index contributed by atoms with van der Waals surface area (Å²) in [4.78, 5) is 25.1. The second-order valence-electron chi connectivity index (χ2n) is 10.6. The third-order valence-corrected chi connectivity index (χ3v) is 7.46. The Morgan fingerprint density at radius 3 is 2.17 bits per heavy atom. The number of ketones is 1. The highest BCUT2D eigenvalue weighted by Gasteiger charge is 2.33. The number of aliphatic hydroxyl groups is 1. The molecule has 1 unspecified atom stereocenters. The van der Waals surface area contributed by atoms with Gasteiger partial charge in [-0.15, -0.1) is 0 Å². The van der Waals surface area contributed by atoms with Gasteiger partial charge in [0, 0.05) is 36.5 Å². The fourth-order valence-electron chi connectivity index (χ4n) is 4.62. The minimum absolute atomic E-state index is 0.0414. The molecule has 0 aliphatic carbocycles. The van der Waals surface area contributed by atoms with Crippen molar-refractivity contribution in [3.8, 4) is 11.5 Å². The monoisotopic (exact) mass is 586 g/mol. The molecule has 3 aromatic rings. The van der Waals surface area contributed by atoms with Crippen molar-refractivity contribution in [2.75, 3.05) is 19.6 Å². The molecule has 10 heteroatoms. The number of nitrogens with two attached hydrogens (primary N) is 1. The predicted octanol–water partition coefficient (Wildman–Crippen LogP) is 4.87. The van der Waals surface area contributed by atoms with E-state index in [1.807, 2.05) is 24.3 Å². The van der Waals surface area contributed by atoms with Crippen molar-refractivity contribution < 1.29 is 34.4 Å². The molecule has 220 valence electrons. The van der Waals surface area contributed by atoms with Crippen LogP contribution in [0.2, 0.25) is 5.02 Å². The second kappa shape index (κ2) is 13.9. The maximum Gasteiger partial charge on any atom is 0.323 e. The van der Waals surface area contributed by atoms with E-state index in [0.717, 1.165) is 31.6 Å². The van der Waals surface area contributed by atoms with Gasteiger partial charge in [-0.1, -0.05) is 29.8 Å². The number of carbonyl (C=O) groups excluding carboxylic acids is 1. The normalized spacial score (nSPS) is 16.2. The van der Waals surface area contributed by atoms with E-state index in [4.69, 9.17) is 27.5 Å². The van der Waals surface area contributed by atoms with Gasteiger partial charge in [-0.2, -0.15) is 0 Å². The summed E-state index contributed by atoms with van der Waals surface area (Å²) in [6.07, 6.45) is 2.62. The number of phenols is 2. The van der Waals surface area contributed by atoms with Crippen LogP contribution in [0.4, 0.5) is 4.39 Å². The summed E-state index contributed by atoms with van der Waals surface area (Å²) in [6.45, 7) is 3.80. The molecule has 1 aliphatic heterocycles. The van der Waals surface area contributed by atoms with Gasteiger partial charge in [-0.05, 0) is 92.4 Å². The van der Waals surface area contributed by atoms with E-state index in [9.17, 15) is 24.2 Å². The van der Waals surface area contributed by atoms with E-state index in [0.29, 0.717) is 35.4 Å². The number of benzene rings is 3. The Morgan fingerprint density at radius 1 is 1.00 bits per heavy atom. The van der Waals surface area contributed by atoms with E-state index >= 15 is 0 Å². The first-order valence-electron chi connectivity index (χ1n) is 13.3. The lowest BCUT2D eigenvalue weighted by Crippen LogP contribution is -2.46. The first-order chi connectivity index (χ1) is 19.3. The summed E-state index contributed by atoms with van der Waals surface area (Å²) in [6, 6.07) is 17.2. The van der Waals surface area contributed by atoms with E-state index in [1.54, 1.807) is 0 Å². The number of piperidine rings is 1. The zero-order chi connectivity index (χ0) is 30.2. The molecule has 0 amide bonds. The van der Waals surface area contributed by atoms with Gasteiger partial charge in [0.1, 0.15) is 11.4 Å². The van der Waals surface area contributed by atoms with Crippen molar-refractivity contribution in [2.24, 2.45) is 5.73 Å². The van der Waals surface area contributed by atoms with Crippen molar-refractivity contribution in [3.05, 3.63) is 94.3 Å². The minimum Gasteiger partial charge on any atom is -0.504 e. The van der Waals surface area contributed by atoms with Crippen molar-refractivity contribution in [1.29, 1.82) is 0 Å². The van der Waals surface area contributed by atoms with Crippen molar-refractivity contribution in [1.82, 2.24) is 4.90 Å². The van der Waals surface area contributed by atoms with Crippen LogP contribution in [0.5, 0.6) is 11.5 Å². The number of hydrogen-bond donors (Lipinski definition) is 5. The Kier molecular flexibility index (Phi) is 10.9. The van der Waals surface area contributed by atoms with Crippen LogP contribution >= 0.6 is 11.6 Å². The van der Waals surface area contributed by atoms with Gasteiger partial charge in [0.25, 0.3) is 0 Å². The summed E-state index contributed by atoms with van der Waals surface area (Å²) in [7, 11) is 0. The van der Waals surface area contributed by atoms with Gasteiger partial charge in [0.05, 0.1) is 5.60 Å². The third-order valence-electron chi connectivity index (χ3n) is 7.21. The highest BCUT2D eigenvalue weighted by atomic mass is 35.5. The molecule has 8 nitrogen and oxygen atoms in total. The van der Waals surface area contributed by atoms with E-state index in [2.05, 4.69) is 4.90 Å². The SMILES string of the molecule is CC(N)(Cc1ccc(O)c(O)c1)C(=O)O.O=C(CCCN1CCC(O)(c2ccc(Cl)cc2)CC1)c1ccc(F)cc1. The van der Waals surface area contributed by atoms with Crippen molar-refractivity contribution >= 4 is 23.4 Å². The van der Waals surface area contributed by atoms with Crippen LogP contribution in [-0.2, 0) is 16.8 Å². The zero-order valence-corrected chi connectivity index (χ0v) is 23.6. The molecule has 4 rings (SSSR count). The standard InChI is InChI=1S/C21H23ClFNO2.C10H13NO4/c22-18-7-5-17(6-8-18)21(26)11-14-24(15-12-21)13-1-2-20(25)16-3-9-19(23)10-4-16;1-10(11,9(14)15)5-6-2-3-7(12)8(13)4-6/h3-10,26H,1-2,11-15H2;2-4,12-13H,5,11H2,1H3,(H,14,15). The number of nitrogens with zero attached hydrogens (tertiary/aromatic N) is 1. The third kappa shape index (κ3) is 9.26. The Hall–Kier alpha value is -3.50. The van der Waals surface area contributed by atoms with Gasteiger partial charge in [0.2, 0.25) is 0 Å². The Morgan fingerprint density at radius 2 is 1.61 bits per heavy atom. The fraction of sp³-hybridized carbons (Fsp3) is 0.355. The first kappa shape index (κ1) is 32.0. The fourth-order valence-corrected chi connectivity index (χ4v) is 4.74. The Balaban J connectivity index is 0.000000263. The summed E-state index contributed by atoms with van der Waals surface area (Å²) in [5, 5.41) is 38.6. The maximum atomic E-state index is 12.9. The van der Waals surface area contributed by atoms with Crippen LogP contribution in [0.3, 0.4) is 0 Å². The number of hydrogen-bond acceptors (Lipinski definition) is 7. The summed E-state index contributed by atoms with van der Waals surface area (Å²) in [5.74, 6) is -1.93. The van der Waals surface area contributed by atoms with Crippen LogP contribution in [-0.4, -0.2) is 62.3 Å². The lowest BCUT2D eigenvalue weighted by atomic mass is 9.84. The molecule has 3 aromatic carbocycles. The van der Waals surface area contributed by atoms with E-state index in [1.165, 1.54) is 49.4 Å². The van der Waals surface area contributed by atoms with Gasteiger partial charge in [-0.25, -0.2) is 4.39 Å². The molecule has 1 atom stereocenters. The van der Waals surface area contributed by atoms with Gasteiger partial charge in [-0.3, -0.25) is 9.59 Å². The van der Waals surface area contributed by atoms with Crippen LogP contribution in [0.15, 0.2) is 66.7 Å². The van der Waals surface area contributed by atoms with Gasteiger partial charge < -0.3 is 31.1 Å². The number of carbonyl (C=O) groups is 2. The molecule has 1 heterocycles. The summed E-state index contributed by atoms with van der Waals surface area (Å²) >= 11 is 5.92. The average Bonchev–Trinajstić information content (AvgIpc) is 2.93. The molecular weight excluding hydrogens is 551 g/mol. The summed E-state index contributed by atoms with van der Waals surface area (Å²) in [5.41, 5.74) is 5.37. The quantitative estimate of drug-likeness (QED) is 0.176. The largest absolute Gasteiger partial charge is 0.504 e. The molecule has 0 saturated carbocycles. The highest BCUT2D eigenvalue weighted by Crippen LogP contribution is 2.33. The molecule has 0 bridgehead atoms. The Labute approximate surface area is 243 Å². The number of rotatable bonds is 9. The number of phenolic OH excluding ortho intramolecular Hbond substituents is 2. The van der Waals surface area contributed by atoms with Crippen LogP contribution < -0.4 is 5.73 Å². The van der Waals surface area contributed by atoms with Crippen molar-refractivity contribution in [3.63, 3.8) is 0 Å². The maximum absolute atomic E-state index is 12.9. The number of Topliss-reactive ketones (excluding diaryl/α,β-unsaturated/α-hetero) is 1. The predicted molar refractivity (Wildman–Crippen MR) is 155 cm³/mol. The number of likely N-dealkylation sites (tertiary alicyclic amines) is 1. The number of carboxylic acids is 1. The Bertz CT molecular complexity index is 1320. The lowest BCUT2D eigenvalue weighted by Gasteiger charge is -2.38. The lowest BCUT2D eigenvalue weighted by molar-refractivity contribution is -0.142. The molecule has 1 aliphatic rings. The number of aliphatic carboxylic acids is 1. The molecule has 1 fully saturated rings. The van der Waals surface area contributed by atoms with E-state index in [-0.39, 0.29) is 29.5 Å². The zero-order valence-electron chi connectivity index (χ0n) is 22.9. The summed E-state index contributed by atoms with van der Waals surface area (Å²) < 4.78 is 12.9. The van der Waals surface area contributed by atoms with Crippen LogP contribution in [0.1, 0.15) is 54.1 Å². The van der Waals surface area contributed by atoms with Crippen molar-refractivity contribution in [2.45, 2.75) is 50.2 Å².